The van der Waals surface area contributed by atoms with Crippen LogP contribution in [0.1, 0.15) is 46.0 Å². The predicted molar refractivity (Wildman–Crippen MR) is 76.8 cm³/mol. The van der Waals surface area contributed by atoms with Gasteiger partial charge in [0.05, 0.1) is 0 Å². The molecular weight excluding hydrogens is 262 g/mol. The molecule has 2 unspecified atom stereocenters. The first-order chi connectivity index (χ1) is 8.87. The van der Waals surface area contributed by atoms with Crippen molar-refractivity contribution in [3.63, 3.8) is 0 Å². The summed E-state index contributed by atoms with van der Waals surface area (Å²) >= 11 is 0. The van der Waals surface area contributed by atoms with Crippen molar-refractivity contribution in [3.05, 3.63) is 0 Å². The summed E-state index contributed by atoms with van der Waals surface area (Å²) in [6, 6.07) is 0.313. The maximum absolute atomic E-state index is 12.4. The Morgan fingerprint density at radius 1 is 1.05 bits per heavy atom. The first-order valence-electron chi connectivity index (χ1n) is 7.40. The zero-order chi connectivity index (χ0) is 14.0. The zero-order valence-electron chi connectivity index (χ0n) is 12.0. The van der Waals surface area contributed by atoms with Crippen LogP contribution in [-0.2, 0) is 10.2 Å². The van der Waals surface area contributed by atoms with E-state index in [0.717, 1.165) is 32.1 Å². The highest BCUT2D eigenvalue weighted by Gasteiger charge is 2.32. The highest BCUT2D eigenvalue weighted by atomic mass is 32.2. The van der Waals surface area contributed by atoms with Gasteiger partial charge in [-0.05, 0) is 43.9 Å². The SMILES string of the molecule is CC1CC(C)CN(S(=O)(=O)NC2CCC(N)CC2)C1. The van der Waals surface area contributed by atoms with Gasteiger partial charge in [0, 0.05) is 25.2 Å². The van der Waals surface area contributed by atoms with Crippen molar-refractivity contribution in [1.82, 2.24) is 9.03 Å². The van der Waals surface area contributed by atoms with Crippen molar-refractivity contribution in [2.24, 2.45) is 17.6 Å². The maximum Gasteiger partial charge on any atom is 0.279 e. The van der Waals surface area contributed by atoms with Crippen LogP contribution in [0.5, 0.6) is 0 Å². The summed E-state index contributed by atoms with van der Waals surface area (Å²) in [5.41, 5.74) is 5.85. The summed E-state index contributed by atoms with van der Waals surface area (Å²) in [5, 5.41) is 0. The Hall–Kier alpha value is -0.170. The standard InChI is InChI=1S/C13H27N3O2S/c1-10-7-11(2)9-16(8-10)19(17,18)15-13-5-3-12(14)4-6-13/h10-13,15H,3-9,14H2,1-2H3. The molecule has 5 nitrogen and oxygen atoms in total. The fraction of sp³-hybridized carbons (Fsp3) is 1.00. The molecule has 1 aliphatic carbocycles. The average molecular weight is 289 g/mol. The number of rotatable bonds is 3. The number of nitrogens with one attached hydrogen (secondary N) is 1. The van der Waals surface area contributed by atoms with Crippen LogP contribution < -0.4 is 10.5 Å². The van der Waals surface area contributed by atoms with E-state index in [2.05, 4.69) is 18.6 Å². The summed E-state index contributed by atoms with van der Waals surface area (Å²) in [6.07, 6.45) is 4.67. The second-order valence-corrected chi connectivity index (χ2v) is 8.20. The van der Waals surface area contributed by atoms with Crippen LogP contribution >= 0.6 is 0 Å². The van der Waals surface area contributed by atoms with Gasteiger partial charge in [-0.2, -0.15) is 17.4 Å². The van der Waals surface area contributed by atoms with Gasteiger partial charge in [0.25, 0.3) is 10.2 Å². The zero-order valence-corrected chi connectivity index (χ0v) is 12.8. The highest BCUT2D eigenvalue weighted by molar-refractivity contribution is 7.87. The lowest BCUT2D eigenvalue weighted by molar-refractivity contribution is 0.218. The summed E-state index contributed by atoms with van der Waals surface area (Å²) in [6.45, 7) is 5.54. The molecule has 2 atom stereocenters. The third-order valence-electron chi connectivity index (χ3n) is 4.26. The fourth-order valence-corrected chi connectivity index (χ4v) is 5.03. The molecule has 0 aromatic heterocycles. The second kappa shape index (κ2) is 6.08. The van der Waals surface area contributed by atoms with E-state index in [0.29, 0.717) is 24.9 Å². The van der Waals surface area contributed by atoms with E-state index in [9.17, 15) is 8.42 Å². The number of piperidine rings is 1. The van der Waals surface area contributed by atoms with Gasteiger partial charge < -0.3 is 5.73 Å². The molecule has 1 aliphatic heterocycles. The molecule has 1 saturated carbocycles. The van der Waals surface area contributed by atoms with E-state index in [1.165, 1.54) is 0 Å². The Bertz CT molecular complexity index is 381. The summed E-state index contributed by atoms with van der Waals surface area (Å²) in [7, 11) is -3.32. The quantitative estimate of drug-likeness (QED) is 0.816. The Morgan fingerprint density at radius 2 is 1.58 bits per heavy atom. The molecule has 1 saturated heterocycles. The van der Waals surface area contributed by atoms with Crippen LogP contribution in [-0.4, -0.2) is 37.9 Å². The van der Waals surface area contributed by atoms with Gasteiger partial charge in [-0.15, -0.1) is 0 Å². The monoisotopic (exact) mass is 289 g/mol. The van der Waals surface area contributed by atoms with Crippen molar-refractivity contribution in [2.45, 2.75) is 58.0 Å². The van der Waals surface area contributed by atoms with Gasteiger partial charge in [-0.1, -0.05) is 13.8 Å². The molecule has 112 valence electrons. The number of hydrogen-bond donors (Lipinski definition) is 2. The molecule has 6 heteroatoms. The molecule has 0 amide bonds. The smallest absolute Gasteiger partial charge is 0.279 e. The highest BCUT2D eigenvalue weighted by Crippen LogP contribution is 2.24. The predicted octanol–water partition coefficient (Wildman–Crippen LogP) is 1.07. The lowest BCUT2D eigenvalue weighted by Crippen LogP contribution is -2.51. The van der Waals surface area contributed by atoms with E-state index in [-0.39, 0.29) is 12.1 Å². The van der Waals surface area contributed by atoms with Crippen LogP contribution in [0.3, 0.4) is 0 Å². The average Bonchev–Trinajstić information content (AvgIpc) is 2.31. The topological polar surface area (TPSA) is 75.4 Å². The van der Waals surface area contributed by atoms with Crippen LogP contribution in [0, 0.1) is 11.8 Å². The molecule has 0 radical (unpaired) electrons. The third-order valence-corrected chi connectivity index (χ3v) is 5.87. The first kappa shape index (κ1) is 15.2. The molecular formula is C13H27N3O2S. The molecule has 0 bridgehead atoms. The van der Waals surface area contributed by atoms with Crippen molar-refractivity contribution in [1.29, 1.82) is 0 Å². The fourth-order valence-electron chi connectivity index (χ4n) is 3.32. The van der Waals surface area contributed by atoms with E-state index in [4.69, 9.17) is 5.73 Å². The number of nitrogens with zero attached hydrogens (tertiary/aromatic N) is 1. The first-order valence-corrected chi connectivity index (χ1v) is 8.84. The molecule has 2 aliphatic rings. The lowest BCUT2D eigenvalue weighted by Gasteiger charge is -2.36. The molecule has 1 heterocycles. The van der Waals surface area contributed by atoms with E-state index in [1.807, 2.05) is 0 Å². The Labute approximate surface area is 117 Å². The van der Waals surface area contributed by atoms with Gasteiger partial charge in [0.2, 0.25) is 0 Å². The van der Waals surface area contributed by atoms with Crippen molar-refractivity contribution >= 4 is 10.2 Å². The Kier molecular flexibility index (Phi) is 4.87. The molecule has 0 spiro atoms. The number of hydrogen-bond acceptors (Lipinski definition) is 3. The van der Waals surface area contributed by atoms with E-state index < -0.39 is 10.2 Å². The largest absolute Gasteiger partial charge is 0.328 e. The van der Waals surface area contributed by atoms with E-state index >= 15 is 0 Å². The summed E-state index contributed by atoms with van der Waals surface area (Å²) in [4.78, 5) is 0. The minimum absolute atomic E-state index is 0.0670. The number of nitrogens with two attached hydrogens (primary N) is 1. The minimum Gasteiger partial charge on any atom is -0.328 e. The minimum atomic E-state index is -3.32. The molecule has 2 rings (SSSR count). The normalized spacial score (nSPS) is 38.3. The van der Waals surface area contributed by atoms with Crippen LogP contribution in [0.2, 0.25) is 0 Å². The van der Waals surface area contributed by atoms with Crippen molar-refractivity contribution in [2.75, 3.05) is 13.1 Å². The van der Waals surface area contributed by atoms with E-state index in [1.54, 1.807) is 4.31 Å². The van der Waals surface area contributed by atoms with Crippen LogP contribution in [0.15, 0.2) is 0 Å². The molecule has 0 aromatic carbocycles. The Morgan fingerprint density at radius 3 is 2.11 bits per heavy atom. The van der Waals surface area contributed by atoms with Gasteiger partial charge >= 0.3 is 0 Å². The molecule has 3 N–H and O–H groups in total. The second-order valence-electron chi connectivity index (χ2n) is 6.50. The molecule has 2 fully saturated rings. The van der Waals surface area contributed by atoms with Gasteiger partial charge in [0.15, 0.2) is 0 Å². The van der Waals surface area contributed by atoms with Gasteiger partial charge in [-0.25, -0.2) is 0 Å². The van der Waals surface area contributed by atoms with Gasteiger partial charge in [0.1, 0.15) is 0 Å². The lowest BCUT2D eigenvalue weighted by atomic mass is 9.93. The molecule has 0 aromatic rings. The van der Waals surface area contributed by atoms with Crippen LogP contribution in [0.25, 0.3) is 0 Å². The van der Waals surface area contributed by atoms with Crippen molar-refractivity contribution in [3.8, 4) is 0 Å². The summed E-state index contributed by atoms with van der Waals surface area (Å²) < 4.78 is 29.3. The molecule has 19 heavy (non-hydrogen) atoms. The summed E-state index contributed by atoms with van der Waals surface area (Å²) in [5.74, 6) is 0.889. The Balaban J connectivity index is 1.94. The van der Waals surface area contributed by atoms with Crippen molar-refractivity contribution < 1.29 is 8.42 Å². The van der Waals surface area contributed by atoms with Gasteiger partial charge in [-0.3, -0.25) is 0 Å². The van der Waals surface area contributed by atoms with Crippen LogP contribution in [0.4, 0.5) is 0 Å². The third kappa shape index (κ3) is 4.15. The maximum atomic E-state index is 12.4.